The van der Waals surface area contributed by atoms with Gasteiger partial charge in [-0.3, -0.25) is 14.5 Å². The van der Waals surface area contributed by atoms with Crippen molar-refractivity contribution in [1.29, 1.82) is 0 Å². The zero-order valence-corrected chi connectivity index (χ0v) is 17.4. The number of aliphatic hydroxyl groups is 1. The lowest BCUT2D eigenvalue weighted by Gasteiger charge is -2.25. The van der Waals surface area contributed by atoms with Gasteiger partial charge in [0.15, 0.2) is 0 Å². The van der Waals surface area contributed by atoms with Crippen LogP contribution in [0.5, 0.6) is 5.75 Å². The second-order valence-corrected chi connectivity index (χ2v) is 7.33. The number of ketones is 1. The smallest absolute Gasteiger partial charge is 0.300 e. The monoisotopic (exact) mass is 413 g/mol. The Kier molecular flexibility index (Phi) is 5.58. The molecule has 0 aliphatic carbocycles. The Morgan fingerprint density at radius 3 is 2.16 bits per heavy atom. The third kappa shape index (κ3) is 3.70. The lowest BCUT2D eigenvalue weighted by Crippen LogP contribution is -2.29. The maximum atomic E-state index is 13.1. The minimum absolute atomic E-state index is 0.0703. The summed E-state index contributed by atoms with van der Waals surface area (Å²) in [7, 11) is 1.58. The van der Waals surface area contributed by atoms with Gasteiger partial charge in [-0.15, -0.1) is 0 Å². The van der Waals surface area contributed by atoms with Gasteiger partial charge in [-0.1, -0.05) is 61.5 Å². The Hall–Kier alpha value is -3.86. The van der Waals surface area contributed by atoms with Crippen molar-refractivity contribution in [3.05, 3.63) is 101 Å². The molecule has 1 amide bonds. The minimum atomic E-state index is -0.751. The second-order valence-electron chi connectivity index (χ2n) is 7.33. The summed E-state index contributed by atoms with van der Waals surface area (Å²) in [6, 6.07) is 22.8. The number of nitrogens with zero attached hydrogens (tertiary/aromatic N) is 1. The Morgan fingerprint density at radius 2 is 1.58 bits per heavy atom. The number of carbonyl (C=O) groups excluding carboxylic acids is 2. The first-order valence-electron chi connectivity index (χ1n) is 10.1. The van der Waals surface area contributed by atoms with Crippen LogP contribution >= 0.6 is 0 Å². The Bertz CT molecular complexity index is 1130. The van der Waals surface area contributed by atoms with Crippen molar-refractivity contribution in [1.82, 2.24) is 0 Å². The van der Waals surface area contributed by atoms with Gasteiger partial charge in [0, 0.05) is 11.3 Å². The molecule has 3 aromatic rings. The molecule has 1 fully saturated rings. The molecule has 1 N–H and O–H groups in total. The van der Waals surface area contributed by atoms with Crippen LogP contribution < -0.4 is 9.64 Å². The quantitative estimate of drug-likeness (QED) is 0.368. The van der Waals surface area contributed by atoms with E-state index < -0.39 is 17.7 Å². The summed E-state index contributed by atoms with van der Waals surface area (Å²) in [5.74, 6) is -0.896. The van der Waals surface area contributed by atoms with Gasteiger partial charge in [0.2, 0.25) is 0 Å². The zero-order chi connectivity index (χ0) is 22.0. The zero-order valence-electron chi connectivity index (χ0n) is 17.4. The number of hydrogen-bond donors (Lipinski definition) is 1. The molecular weight excluding hydrogens is 390 g/mol. The Morgan fingerprint density at radius 1 is 0.935 bits per heavy atom. The van der Waals surface area contributed by atoms with Crippen LogP contribution in [0.15, 0.2) is 84.4 Å². The Labute approximate surface area is 181 Å². The molecule has 5 nitrogen and oxygen atoms in total. The normalized spacial score (nSPS) is 17.7. The van der Waals surface area contributed by atoms with Gasteiger partial charge in [0.05, 0.1) is 18.7 Å². The fraction of sp³-hybridized carbons (Fsp3) is 0.154. The number of aliphatic hydroxyl groups excluding tert-OH is 1. The maximum absolute atomic E-state index is 13.1. The van der Waals surface area contributed by atoms with Gasteiger partial charge < -0.3 is 9.84 Å². The molecule has 0 aromatic heterocycles. The fourth-order valence-electron chi connectivity index (χ4n) is 3.84. The number of anilines is 1. The number of aryl methyl sites for hydroxylation is 1. The summed E-state index contributed by atoms with van der Waals surface area (Å²) in [5.41, 5.74) is 3.00. The van der Waals surface area contributed by atoms with Crippen molar-refractivity contribution >= 4 is 23.1 Å². The van der Waals surface area contributed by atoms with Crippen molar-refractivity contribution in [2.45, 2.75) is 19.4 Å². The van der Waals surface area contributed by atoms with Gasteiger partial charge in [-0.2, -0.15) is 0 Å². The maximum Gasteiger partial charge on any atom is 0.300 e. The van der Waals surface area contributed by atoms with Crippen LogP contribution in [0.2, 0.25) is 0 Å². The number of rotatable bonds is 5. The molecule has 31 heavy (non-hydrogen) atoms. The largest absolute Gasteiger partial charge is 0.507 e. The molecule has 1 atom stereocenters. The van der Waals surface area contributed by atoms with E-state index in [0.717, 1.165) is 12.0 Å². The van der Waals surface area contributed by atoms with Crippen LogP contribution in [0.4, 0.5) is 5.69 Å². The molecule has 0 bridgehead atoms. The molecule has 4 rings (SSSR count). The summed E-state index contributed by atoms with van der Waals surface area (Å²) >= 11 is 0. The molecule has 0 radical (unpaired) electrons. The molecular formula is C26H23NO4. The number of ether oxygens (including phenoxy) is 1. The number of hydrogen-bond acceptors (Lipinski definition) is 4. The van der Waals surface area contributed by atoms with Crippen molar-refractivity contribution < 1.29 is 19.4 Å². The molecule has 0 spiro atoms. The number of methoxy groups -OCH3 is 1. The molecule has 3 aromatic carbocycles. The van der Waals surface area contributed by atoms with E-state index in [1.54, 1.807) is 55.6 Å². The molecule has 1 heterocycles. The van der Waals surface area contributed by atoms with Crippen molar-refractivity contribution in [2.75, 3.05) is 12.0 Å². The average Bonchev–Trinajstić information content (AvgIpc) is 3.09. The molecule has 1 unspecified atom stereocenters. The van der Waals surface area contributed by atoms with E-state index in [4.69, 9.17) is 4.74 Å². The number of benzene rings is 3. The summed E-state index contributed by atoms with van der Waals surface area (Å²) in [6.07, 6.45) is 0.870. The van der Waals surface area contributed by atoms with E-state index >= 15 is 0 Å². The predicted molar refractivity (Wildman–Crippen MR) is 120 cm³/mol. The lowest BCUT2D eigenvalue weighted by atomic mass is 9.95. The van der Waals surface area contributed by atoms with E-state index in [1.807, 2.05) is 30.3 Å². The van der Waals surface area contributed by atoms with Crippen LogP contribution in [-0.4, -0.2) is 23.9 Å². The minimum Gasteiger partial charge on any atom is -0.507 e. The first-order valence-corrected chi connectivity index (χ1v) is 10.1. The molecule has 1 saturated heterocycles. The molecule has 0 saturated carbocycles. The van der Waals surface area contributed by atoms with Gasteiger partial charge in [-0.25, -0.2) is 0 Å². The van der Waals surface area contributed by atoms with E-state index in [1.165, 1.54) is 4.90 Å². The molecule has 1 aliphatic rings. The van der Waals surface area contributed by atoms with E-state index in [0.29, 0.717) is 22.6 Å². The lowest BCUT2D eigenvalue weighted by molar-refractivity contribution is -0.132. The topological polar surface area (TPSA) is 66.8 Å². The molecule has 156 valence electrons. The Balaban J connectivity index is 1.90. The van der Waals surface area contributed by atoms with Crippen molar-refractivity contribution in [2.24, 2.45) is 0 Å². The first-order chi connectivity index (χ1) is 15.0. The van der Waals surface area contributed by atoms with Crippen molar-refractivity contribution in [3.8, 4) is 5.75 Å². The van der Waals surface area contributed by atoms with Crippen LogP contribution in [0, 0.1) is 0 Å². The molecule has 1 aliphatic heterocycles. The fourth-order valence-corrected chi connectivity index (χ4v) is 3.84. The third-order valence-corrected chi connectivity index (χ3v) is 5.55. The summed E-state index contributed by atoms with van der Waals surface area (Å²) < 4.78 is 5.25. The third-order valence-electron chi connectivity index (χ3n) is 5.55. The van der Waals surface area contributed by atoms with E-state index in [2.05, 4.69) is 6.92 Å². The van der Waals surface area contributed by atoms with Gasteiger partial charge >= 0.3 is 0 Å². The van der Waals surface area contributed by atoms with Crippen LogP contribution in [0.1, 0.15) is 29.7 Å². The highest BCUT2D eigenvalue weighted by Crippen LogP contribution is 2.42. The van der Waals surface area contributed by atoms with Crippen LogP contribution in [-0.2, 0) is 16.0 Å². The average molecular weight is 413 g/mol. The first kappa shape index (κ1) is 20.4. The van der Waals surface area contributed by atoms with Crippen LogP contribution in [0.3, 0.4) is 0 Å². The number of amides is 1. The highest BCUT2D eigenvalue weighted by molar-refractivity contribution is 6.51. The standard InChI is InChI=1S/C26H23NO4/c1-3-17-9-13-20(14-10-17)27-23(18-11-15-21(31-2)16-12-18)22(25(29)26(27)30)24(28)19-7-5-4-6-8-19/h4-16,23,28H,3H2,1-2H3/b24-22+. The second kappa shape index (κ2) is 8.48. The molecule has 5 heteroatoms. The summed E-state index contributed by atoms with van der Waals surface area (Å²) in [5, 5.41) is 11.0. The van der Waals surface area contributed by atoms with Crippen molar-refractivity contribution in [3.63, 3.8) is 0 Å². The number of Topliss-reactive ketones (excluding diaryl/α,β-unsaturated/α-hetero) is 1. The van der Waals surface area contributed by atoms with E-state index in [9.17, 15) is 14.7 Å². The SMILES string of the molecule is CCc1ccc(N2C(=O)C(=O)/C(=C(/O)c3ccccc3)C2c2ccc(OC)cc2)cc1. The highest BCUT2D eigenvalue weighted by atomic mass is 16.5. The van der Waals surface area contributed by atoms with Gasteiger partial charge in [0.25, 0.3) is 11.7 Å². The van der Waals surface area contributed by atoms with Gasteiger partial charge in [-0.05, 0) is 41.8 Å². The predicted octanol–water partition coefficient (Wildman–Crippen LogP) is 4.88. The van der Waals surface area contributed by atoms with Gasteiger partial charge in [0.1, 0.15) is 11.5 Å². The van der Waals surface area contributed by atoms with E-state index in [-0.39, 0.29) is 11.3 Å². The summed E-state index contributed by atoms with van der Waals surface area (Å²) in [6.45, 7) is 2.05. The highest BCUT2D eigenvalue weighted by Gasteiger charge is 2.46. The van der Waals surface area contributed by atoms with Crippen LogP contribution in [0.25, 0.3) is 5.76 Å². The number of carbonyl (C=O) groups is 2. The summed E-state index contributed by atoms with van der Waals surface area (Å²) in [4.78, 5) is 27.7.